The monoisotopic (exact) mass is 198 g/mol. The Kier molecular flexibility index (Phi) is 3.83. The molecule has 0 saturated heterocycles. The normalized spacial score (nSPS) is 10.9. The highest BCUT2D eigenvalue weighted by Gasteiger charge is 1.98. The first-order chi connectivity index (χ1) is 6.59. The van der Waals surface area contributed by atoms with Crippen molar-refractivity contribution >= 4 is 0 Å². The molecule has 0 aromatic carbocycles. The zero-order chi connectivity index (χ0) is 10.6. The molecule has 0 amide bonds. The van der Waals surface area contributed by atoms with E-state index in [0.29, 0.717) is 6.54 Å². The Balaban J connectivity index is 2.58. The Bertz CT molecular complexity index is 346. The van der Waals surface area contributed by atoms with Crippen LogP contribution in [0.25, 0.3) is 0 Å². The lowest BCUT2D eigenvalue weighted by atomic mass is 10.3. The average Bonchev–Trinajstić information content (AvgIpc) is 2.10. The minimum absolute atomic E-state index is 0.148. The largest absolute Gasteiger partial charge is 0.313 e. The molecule has 0 spiro atoms. The Labute approximate surface area is 82.8 Å². The summed E-state index contributed by atoms with van der Waals surface area (Å²) in [4.78, 5) is 13.3. The van der Waals surface area contributed by atoms with Crippen LogP contribution in [0.5, 0.6) is 0 Å². The summed E-state index contributed by atoms with van der Waals surface area (Å²) in [7, 11) is 3.93. The van der Waals surface area contributed by atoms with E-state index >= 15 is 0 Å². The number of halogens is 1. The third kappa shape index (κ3) is 3.30. The molecule has 0 aliphatic carbocycles. The molecule has 0 fully saturated rings. The van der Waals surface area contributed by atoms with Crippen molar-refractivity contribution in [3.63, 3.8) is 0 Å². The summed E-state index contributed by atoms with van der Waals surface area (Å²) < 4.78 is 14.2. The summed E-state index contributed by atoms with van der Waals surface area (Å²) in [6.07, 6.45) is 2.09. The van der Waals surface area contributed by atoms with Crippen LogP contribution in [0.3, 0.4) is 0 Å². The number of pyridine rings is 1. The van der Waals surface area contributed by atoms with Gasteiger partial charge in [0.25, 0.3) is 5.56 Å². The fraction of sp³-hybridized carbons (Fsp3) is 0.500. The van der Waals surface area contributed by atoms with E-state index in [4.69, 9.17) is 0 Å². The van der Waals surface area contributed by atoms with Crippen LogP contribution >= 0.6 is 0 Å². The standard InChI is InChI=1S/C10H15FN2O/c1-12(2)6-3-7-13-8-9(11)4-5-10(13)14/h4-5,8H,3,6-7H2,1-2H3. The highest BCUT2D eigenvalue weighted by atomic mass is 19.1. The van der Waals surface area contributed by atoms with Crippen molar-refractivity contribution < 1.29 is 4.39 Å². The summed E-state index contributed by atoms with van der Waals surface area (Å²) in [5, 5.41) is 0. The summed E-state index contributed by atoms with van der Waals surface area (Å²) in [5.74, 6) is -0.366. The number of aromatic nitrogens is 1. The van der Waals surface area contributed by atoms with E-state index in [-0.39, 0.29) is 11.4 Å². The molecule has 1 aromatic heterocycles. The predicted octanol–water partition coefficient (Wildman–Crippen LogP) is 0.939. The van der Waals surface area contributed by atoms with Crippen molar-refractivity contribution in [3.8, 4) is 0 Å². The first-order valence-corrected chi connectivity index (χ1v) is 4.60. The van der Waals surface area contributed by atoms with Crippen molar-refractivity contribution in [1.29, 1.82) is 0 Å². The molecule has 0 radical (unpaired) electrons. The van der Waals surface area contributed by atoms with E-state index in [1.54, 1.807) is 0 Å². The number of aryl methyl sites for hydroxylation is 1. The summed E-state index contributed by atoms with van der Waals surface area (Å²) in [5.41, 5.74) is -0.148. The van der Waals surface area contributed by atoms with Crippen LogP contribution in [0.2, 0.25) is 0 Å². The first kappa shape index (κ1) is 10.9. The maximum atomic E-state index is 12.8. The Morgan fingerprint density at radius 3 is 2.79 bits per heavy atom. The molecule has 0 aliphatic heterocycles. The molecule has 0 atom stereocenters. The van der Waals surface area contributed by atoms with Gasteiger partial charge in [-0.3, -0.25) is 4.79 Å². The van der Waals surface area contributed by atoms with Crippen molar-refractivity contribution in [1.82, 2.24) is 9.47 Å². The molecule has 14 heavy (non-hydrogen) atoms. The lowest BCUT2D eigenvalue weighted by Gasteiger charge is -2.10. The molecule has 0 saturated carbocycles. The smallest absolute Gasteiger partial charge is 0.250 e. The second-order valence-corrected chi connectivity index (χ2v) is 3.54. The fourth-order valence-corrected chi connectivity index (χ4v) is 1.23. The Hall–Kier alpha value is -1.16. The summed E-state index contributed by atoms with van der Waals surface area (Å²) in [6, 6.07) is 2.44. The van der Waals surface area contributed by atoms with Gasteiger partial charge in [0, 0.05) is 18.8 Å². The Morgan fingerprint density at radius 2 is 2.14 bits per heavy atom. The average molecular weight is 198 g/mol. The van der Waals surface area contributed by atoms with Crippen LogP contribution in [0.1, 0.15) is 6.42 Å². The van der Waals surface area contributed by atoms with Crippen LogP contribution < -0.4 is 5.56 Å². The van der Waals surface area contributed by atoms with Gasteiger partial charge in [-0.2, -0.15) is 0 Å². The van der Waals surface area contributed by atoms with Crippen molar-refractivity contribution in [2.75, 3.05) is 20.6 Å². The summed E-state index contributed by atoms with van der Waals surface area (Å²) in [6.45, 7) is 1.46. The van der Waals surface area contributed by atoms with Crippen LogP contribution in [0, 0.1) is 5.82 Å². The third-order valence-electron chi connectivity index (χ3n) is 1.95. The third-order valence-corrected chi connectivity index (χ3v) is 1.95. The topological polar surface area (TPSA) is 25.2 Å². The van der Waals surface area contributed by atoms with Gasteiger partial charge in [-0.1, -0.05) is 0 Å². The van der Waals surface area contributed by atoms with Gasteiger partial charge >= 0.3 is 0 Å². The molecule has 1 heterocycles. The highest BCUT2D eigenvalue weighted by molar-refractivity contribution is 4.96. The molecule has 0 N–H and O–H groups in total. The van der Waals surface area contributed by atoms with Gasteiger partial charge in [-0.15, -0.1) is 0 Å². The van der Waals surface area contributed by atoms with Crippen LogP contribution in [-0.4, -0.2) is 30.1 Å². The van der Waals surface area contributed by atoms with Gasteiger partial charge in [0.1, 0.15) is 5.82 Å². The second kappa shape index (κ2) is 4.91. The molecular weight excluding hydrogens is 183 g/mol. The van der Waals surface area contributed by atoms with E-state index in [1.807, 2.05) is 19.0 Å². The molecule has 0 aliphatic rings. The van der Waals surface area contributed by atoms with Gasteiger partial charge in [0.05, 0.1) is 0 Å². The van der Waals surface area contributed by atoms with E-state index in [9.17, 15) is 9.18 Å². The minimum Gasteiger partial charge on any atom is -0.313 e. The number of rotatable bonds is 4. The van der Waals surface area contributed by atoms with Crippen molar-refractivity contribution in [2.24, 2.45) is 0 Å². The molecule has 0 bridgehead atoms. The first-order valence-electron chi connectivity index (χ1n) is 4.60. The Morgan fingerprint density at radius 1 is 1.43 bits per heavy atom. The zero-order valence-corrected chi connectivity index (χ0v) is 8.53. The zero-order valence-electron chi connectivity index (χ0n) is 8.53. The van der Waals surface area contributed by atoms with E-state index in [1.165, 1.54) is 22.9 Å². The highest BCUT2D eigenvalue weighted by Crippen LogP contribution is 1.94. The number of nitrogens with zero attached hydrogens (tertiary/aromatic N) is 2. The molecule has 78 valence electrons. The van der Waals surface area contributed by atoms with E-state index in [2.05, 4.69) is 0 Å². The SMILES string of the molecule is CN(C)CCCn1cc(F)ccc1=O. The van der Waals surface area contributed by atoms with Crippen LogP contribution in [-0.2, 0) is 6.54 Å². The fourth-order valence-electron chi connectivity index (χ4n) is 1.23. The number of hydrogen-bond acceptors (Lipinski definition) is 2. The van der Waals surface area contributed by atoms with E-state index in [0.717, 1.165) is 13.0 Å². The molecule has 1 rings (SSSR count). The lowest BCUT2D eigenvalue weighted by molar-refractivity contribution is 0.383. The van der Waals surface area contributed by atoms with Crippen LogP contribution in [0.4, 0.5) is 4.39 Å². The second-order valence-electron chi connectivity index (χ2n) is 3.54. The lowest BCUT2D eigenvalue weighted by Crippen LogP contribution is -2.22. The minimum atomic E-state index is -0.366. The van der Waals surface area contributed by atoms with Gasteiger partial charge in [-0.05, 0) is 33.1 Å². The van der Waals surface area contributed by atoms with E-state index < -0.39 is 0 Å². The maximum Gasteiger partial charge on any atom is 0.250 e. The van der Waals surface area contributed by atoms with Gasteiger partial charge in [0.15, 0.2) is 0 Å². The van der Waals surface area contributed by atoms with Crippen molar-refractivity contribution in [2.45, 2.75) is 13.0 Å². The molecule has 4 heteroatoms. The quantitative estimate of drug-likeness (QED) is 0.719. The molecule has 1 aromatic rings. The molecule has 0 unspecified atom stereocenters. The van der Waals surface area contributed by atoms with Crippen molar-refractivity contribution in [3.05, 3.63) is 34.5 Å². The molecular formula is C10H15FN2O. The van der Waals surface area contributed by atoms with Crippen LogP contribution in [0.15, 0.2) is 23.1 Å². The van der Waals surface area contributed by atoms with Gasteiger partial charge < -0.3 is 9.47 Å². The van der Waals surface area contributed by atoms with Gasteiger partial charge in [0.2, 0.25) is 0 Å². The maximum absolute atomic E-state index is 12.8. The predicted molar refractivity (Wildman–Crippen MR) is 53.8 cm³/mol. The summed E-state index contributed by atoms with van der Waals surface area (Å²) >= 11 is 0. The number of hydrogen-bond donors (Lipinski definition) is 0. The van der Waals surface area contributed by atoms with Gasteiger partial charge in [-0.25, -0.2) is 4.39 Å². The molecule has 3 nitrogen and oxygen atoms in total.